The highest BCUT2D eigenvalue weighted by atomic mass is 16.4. The molecule has 0 bridgehead atoms. The van der Waals surface area contributed by atoms with Crippen molar-refractivity contribution in [1.82, 2.24) is 15.1 Å². The number of likely N-dealkylation sites (N-methyl/N-ethyl adjacent to an activating group) is 2. The topological polar surface area (TPSA) is 64.2 Å². The molecule has 1 saturated heterocycles. The molecular weight excluding hydrogens is 292 g/mol. The van der Waals surface area contributed by atoms with E-state index in [1.807, 2.05) is 0 Å². The van der Waals surface area contributed by atoms with Crippen LogP contribution in [0.25, 0.3) is 0 Å². The Labute approximate surface area is 139 Å². The van der Waals surface area contributed by atoms with Crippen molar-refractivity contribution in [3.63, 3.8) is 0 Å². The van der Waals surface area contributed by atoms with Gasteiger partial charge in [0, 0.05) is 26.2 Å². The van der Waals surface area contributed by atoms with Gasteiger partial charge in [0.1, 0.15) is 11.9 Å². The zero-order valence-corrected chi connectivity index (χ0v) is 14.5. The van der Waals surface area contributed by atoms with Gasteiger partial charge in [-0.3, -0.25) is 4.90 Å². The van der Waals surface area contributed by atoms with Crippen LogP contribution >= 0.6 is 0 Å². The SMILES string of the molecule is CCNC(=NCC(O)c1ccco1)N(C)CC1CCCN1CC. The lowest BCUT2D eigenvalue weighted by Crippen LogP contribution is -2.46. The average Bonchev–Trinajstić information content (AvgIpc) is 3.22. The fraction of sp³-hybridized carbons (Fsp3) is 0.706. The van der Waals surface area contributed by atoms with Crippen LogP contribution in [-0.2, 0) is 0 Å². The van der Waals surface area contributed by atoms with E-state index in [0.717, 1.165) is 25.6 Å². The lowest BCUT2D eigenvalue weighted by molar-refractivity contribution is 0.158. The minimum atomic E-state index is -0.703. The minimum Gasteiger partial charge on any atom is -0.467 e. The van der Waals surface area contributed by atoms with Crippen LogP contribution in [0.5, 0.6) is 0 Å². The Morgan fingerprint density at radius 3 is 3.04 bits per heavy atom. The normalized spacial score (nSPS) is 20.7. The Morgan fingerprint density at radius 2 is 2.39 bits per heavy atom. The molecule has 1 aromatic heterocycles. The first-order valence-electron chi connectivity index (χ1n) is 8.60. The molecule has 1 aliphatic rings. The summed E-state index contributed by atoms with van der Waals surface area (Å²) >= 11 is 0. The highest BCUT2D eigenvalue weighted by Gasteiger charge is 2.25. The van der Waals surface area contributed by atoms with Crippen LogP contribution in [0.1, 0.15) is 38.6 Å². The Kier molecular flexibility index (Phi) is 6.92. The van der Waals surface area contributed by atoms with Gasteiger partial charge in [-0.25, -0.2) is 4.99 Å². The summed E-state index contributed by atoms with van der Waals surface area (Å²) in [5.74, 6) is 1.39. The smallest absolute Gasteiger partial charge is 0.193 e. The second kappa shape index (κ2) is 8.93. The first-order chi connectivity index (χ1) is 11.2. The summed E-state index contributed by atoms with van der Waals surface area (Å²) in [5, 5.41) is 13.4. The van der Waals surface area contributed by atoms with Crippen LogP contribution in [-0.4, -0.2) is 66.7 Å². The van der Waals surface area contributed by atoms with Crippen LogP contribution in [0.4, 0.5) is 0 Å². The zero-order chi connectivity index (χ0) is 16.7. The Morgan fingerprint density at radius 1 is 1.57 bits per heavy atom. The second-order valence-electron chi connectivity index (χ2n) is 6.03. The maximum atomic E-state index is 10.1. The van der Waals surface area contributed by atoms with Crippen molar-refractivity contribution in [2.45, 2.75) is 38.8 Å². The quantitative estimate of drug-likeness (QED) is 0.591. The number of guanidine groups is 1. The number of likely N-dealkylation sites (tertiary alicyclic amines) is 1. The van der Waals surface area contributed by atoms with Gasteiger partial charge in [0.25, 0.3) is 0 Å². The third-order valence-corrected chi connectivity index (χ3v) is 4.37. The highest BCUT2D eigenvalue weighted by molar-refractivity contribution is 5.79. The van der Waals surface area contributed by atoms with E-state index in [-0.39, 0.29) is 0 Å². The summed E-state index contributed by atoms with van der Waals surface area (Å²) in [6.07, 6.45) is 3.38. The summed E-state index contributed by atoms with van der Waals surface area (Å²) < 4.78 is 5.22. The number of hydrogen-bond donors (Lipinski definition) is 2. The van der Waals surface area contributed by atoms with Crippen molar-refractivity contribution >= 4 is 5.96 Å². The van der Waals surface area contributed by atoms with Gasteiger partial charge in [-0.15, -0.1) is 0 Å². The molecule has 6 heteroatoms. The maximum Gasteiger partial charge on any atom is 0.193 e. The van der Waals surface area contributed by atoms with Gasteiger partial charge in [-0.1, -0.05) is 6.92 Å². The number of furan rings is 1. The third kappa shape index (κ3) is 4.97. The van der Waals surface area contributed by atoms with Gasteiger partial charge >= 0.3 is 0 Å². The molecule has 2 N–H and O–H groups in total. The van der Waals surface area contributed by atoms with Gasteiger partial charge in [0.15, 0.2) is 5.96 Å². The lowest BCUT2D eigenvalue weighted by atomic mass is 10.2. The van der Waals surface area contributed by atoms with E-state index in [2.05, 4.69) is 41.0 Å². The average molecular weight is 322 g/mol. The molecule has 1 fully saturated rings. The molecule has 6 nitrogen and oxygen atoms in total. The van der Waals surface area contributed by atoms with E-state index in [1.165, 1.54) is 19.4 Å². The fourth-order valence-corrected chi connectivity index (χ4v) is 3.13. The summed E-state index contributed by atoms with van der Waals surface area (Å²) in [6, 6.07) is 4.14. The number of rotatable bonds is 7. The van der Waals surface area contributed by atoms with Crippen LogP contribution < -0.4 is 5.32 Å². The molecule has 0 aromatic carbocycles. The van der Waals surface area contributed by atoms with E-state index < -0.39 is 6.10 Å². The molecule has 0 spiro atoms. The molecule has 2 atom stereocenters. The molecule has 0 amide bonds. The van der Waals surface area contributed by atoms with Crippen molar-refractivity contribution in [3.8, 4) is 0 Å². The number of aliphatic hydroxyl groups excluding tert-OH is 1. The number of hydrogen-bond acceptors (Lipinski definition) is 4. The molecule has 2 unspecified atom stereocenters. The summed E-state index contributed by atoms with van der Waals surface area (Å²) in [6.45, 7) is 8.63. The van der Waals surface area contributed by atoms with Crippen molar-refractivity contribution in [1.29, 1.82) is 0 Å². The van der Waals surface area contributed by atoms with E-state index in [1.54, 1.807) is 18.4 Å². The molecule has 0 radical (unpaired) electrons. The molecule has 0 saturated carbocycles. The van der Waals surface area contributed by atoms with Crippen molar-refractivity contribution in [3.05, 3.63) is 24.2 Å². The largest absolute Gasteiger partial charge is 0.467 e. The summed E-state index contributed by atoms with van der Waals surface area (Å²) in [4.78, 5) is 9.25. The molecule has 1 aromatic rings. The van der Waals surface area contributed by atoms with E-state index in [4.69, 9.17) is 4.42 Å². The molecule has 0 aliphatic carbocycles. The lowest BCUT2D eigenvalue weighted by Gasteiger charge is -2.30. The van der Waals surface area contributed by atoms with Crippen molar-refractivity contribution in [2.24, 2.45) is 4.99 Å². The molecular formula is C17H30N4O2. The van der Waals surface area contributed by atoms with Crippen LogP contribution in [0.3, 0.4) is 0 Å². The standard InChI is InChI=1S/C17H30N4O2/c1-4-18-17(19-12-15(22)16-9-7-11-23-16)20(3)13-14-8-6-10-21(14)5-2/h7,9,11,14-15,22H,4-6,8,10,12-13H2,1-3H3,(H,18,19). The van der Waals surface area contributed by atoms with E-state index >= 15 is 0 Å². The Hall–Kier alpha value is -1.53. The Balaban J connectivity index is 1.94. The van der Waals surface area contributed by atoms with Crippen LogP contribution in [0.15, 0.2) is 27.8 Å². The predicted octanol–water partition coefficient (Wildman–Crippen LogP) is 1.69. The first-order valence-corrected chi connectivity index (χ1v) is 8.60. The number of aliphatic imine (C=N–C) groups is 1. The second-order valence-corrected chi connectivity index (χ2v) is 6.03. The van der Waals surface area contributed by atoms with Crippen LogP contribution in [0.2, 0.25) is 0 Å². The molecule has 2 heterocycles. The molecule has 1 aliphatic heterocycles. The van der Waals surface area contributed by atoms with E-state index in [0.29, 0.717) is 18.3 Å². The van der Waals surface area contributed by atoms with Gasteiger partial charge < -0.3 is 19.7 Å². The number of nitrogens with one attached hydrogen (secondary N) is 1. The summed E-state index contributed by atoms with van der Waals surface area (Å²) in [7, 11) is 2.06. The highest BCUT2D eigenvalue weighted by Crippen LogP contribution is 2.17. The number of aliphatic hydroxyl groups is 1. The van der Waals surface area contributed by atoms with Crippen molar-refractivity contribution < 1.29 is 9.52 Å². The van der Waals surface area contributed by atoms with Gasteiger partial charge in [0.05, 0.1) is 12.8 Å². The predicted molar refractivity (Wildman–Crippen MR) is 92.5 cm³/mol. The van der Waals surface area contributed by atoms with Gasteiger partial charge in [-0.2, -0.15) is 0 Å². The van der Waals surface area contributed by atoms with Crippen LogP contribution in [0, 0.1) is 0 Å². The molecule has 23 heavy (non-hydrogen) atoms. The number of nitrogens with zero attached hydrogens (tertiary/aromatic N) is 3. The first kappa shape index (κ1) is 17.8. The molecule has 2 rings (SSSR count). The maximum absolute atomic E-state index is 10.1. The fourth-order valence-electron chi connectivity index (χ4n) is 3.13. The minimum absolute atomic E-state index is 0.294. The monoisotopic (exact) mass is 322 g/mol. The molecule has 130 valence electrons. The zero-order valence-electron chi connectivity index (χ0n) is 14.5. The Bertz CT molecular complexity index is 475. The summed E-state index contributed by atoms with van der Waals surface area (Å²) in [5.41, 5.74) is 0. The third-order valence-electron chi connectivity index (χ3n) is 4.37. The van der Waals surface area contributed by atoms with Gasteiger partial charge in [-0.05, 0) is 45.0 Å². The van der Waals surface area contributed by atoms with E-state index in [9.17, 15) is 5.11 Å². The van der Waals surface area contributed by atoms with Gasteiger partial charge in [0.2, 0.25) is 0 Å². The van der Waals surface area contributed by atoms with Crippen molar-refractivity contribution in [2.75, 3.05) is 39.8 Å².